The molecule has 1 N–H and O–H groups in total. The second-order valence-corrected chi connectivity index (χ2v) is 4.50. The molecule has 0 saturated heterocycles. The maximum atomic E-state index is 12.1. The van der Waals surface area contributed by atoms with Crippen LogP contribution in [0.1, 0.15) is 11.4 Å². The highest BCUT2D eigenvalue weighted by Crippen LogP contribution is 2.24. The van der Waals surface area contributed by atoms with E-state index in [-0.39, 0.29) is 5.56 Å². The Labute approximate surface area is 110 Å². The zero-order valence-corrected chi connectivity index (χ0v) is 10.8. The molecule has 0 fully saturated rings. The van der Waals surface area contributed by atoms with E-state index in [0.717, 1.165) is 27.9 Å². The number of nitrogens with one attached hydrogen (secondary N) is 1. The van der Waals surface area contributed by atoms with Gasteiger partial charge in [0.05, 0.1) is 11.2 Å². The second-order valence-electron chi connectivity index (χ2n) is 4.50. The van der Waals surface area contributed by atoms with Crippen molar-refractivity contribution in [3.05, 3.63) is 58.3 Å². The molecule has 19 heavy (non-hydrogen) atoms. The number of fused-ring (bicyclic) bond motifs is 1. The fourth-order valence-electron chi connectivity index (χ4n) is 2.11. The minimum absolute atomic E-state index is 0.167. The third kappa shape index (κ3) is 1.91. The van der Waals surface area contributed by atoms with Gasteiger partial charge in [-0.15, -0.1) is 0 Å². The number of H-pyrrole nitrogens is 1. The maximum absolute atomic E-state index is 12.1. The van der Waals surface area contributed by atoms with Gasteiger partial charge in [0.15, 0.2) is 0 Å². The predicted octanol–water partition coefficient (Wildman–Crippen LogP) is 2.60. The lowest BCUT2D eigenvalue weighted by molar-refractivity contribution is 1.02. The Hall–Kier alpha value is -2.49. The lowest BCUT2D eigenvalue weighted by Crippen LogP contribution is -2.14. The van der Waals surface area contributed by atoms with E-state index in [1.54, 1.807) is 6.20 Å². The Morgan fingerprint density at radius 2 is 1.95 bits per heavy atom. The number of hydrogen-bond donors (Lipinski definition) is 1. The Bertz CT molecular complexity index is 816. The van der Waals surface area contributed by atoms with Crippen LogP contribution in [0.25, 0.3) is 22.2 Å². The lowest BCUT2D eigenvalue weighted by Gasteiger charge is -2.06. The first-order chi connectivity index (χ1) is 9.16. The minimum Gasteiger partial charge on any atom is -0.323 e. The van der Waals surface area contributed by atoms with Gasteiger partial charge in [-0.05, 0) is 26.0 Å². The predicted molar refractivity (Wildman–Crippen MR) is 75.1 cm³/mol. The van der Waals surface area contributed by atoms with Crippen molar-refractivity contribution in [1.29, 1.82) is 0 Å². The molecule has 2 aromatic heterocycles. The van der Waals surface area contributed by atoms with Gasteiger partial charge in [-0.1, -0.05) is 18.2 Å². The molecule has 0 amide bonds. The molecule has 94 valence electrons. The molecule has 4 nitrogen and oxygen atoms in total. The van der Waals surface area contributed by atoms with Crippen molar-refractivity contribution in [2.24, 2.45) is 0 Å². The fourth-order valence-corrected chi connectivity index (χ4v) is 2.11. The smallest absolute Gasteiger partial charge is 0.274 e. The highest BCUT2D eigenvalue weighted by atomic mass is 16.1. The Kier molecular flexibility index (Phi) is 2.63. The summed E-state index contributed by atoms with van der Waals surface area (Å²) in [7, 11) is 0. The molecule has 0 saturated carbocycles. The van der Waals surface area contributed by atoms with Crippen molar-refractivity contribution in [1.82, 2.24) is 15.0 Å². The largest absolute Gasteiger partial charge is 0.323 e. The number of aryl methyl sites for hydroxylation is 2. The van der Waals surface area contributed by atoms with Crippen LogP contribution in [-0.4, -0.2) is 15.0 Å². The summed E-state index contributed by atoms with van der Waals surface area (Å²) in [5, 5.41) is 0.936. The quantitative estimate of drug-likeness (QED) is 0.723. The van der Waals surface area contributed by atoms with E-state index in [1.165, 1.54) is 0 Å². The molecular weight excluding hydrogens is 238 g/mol. The van der Waals surface area contributed by atoms with Crippen LogP contribution in [0.5, 0.6) is 0 Å². The summed E-state index contributed by atoms with van der Waals surface area (Å²) in [6.07, 6.45) is 1.74. The van der Waals surface area contributed by atoms with E-state index in [9.17, 15) is 4.79 Å². The van der Waals surface area contributed by atoms with Crippen LogP contribution < -0.4 is 5.56 Å². The van der Waals surface area contributed by atoms with Gasteiger partial charge in [-0.3, -0.25) is 9.78 Å². The van der Waals surface area contributed by atoms with Crippen molar-refractivity contribution in [2.45, 2.75) is 13.8 Å². The summed E-state index contributed by atoms with van der Waals surface area (Å²) >= 11 is 0. The van der Waals surface area contributed by atoms with Crippen molar-refractivity contribution in [2.75, 3.05) is 0 Å². The van der Waals surface area contributed by atoms with Gasteiger partial charge in [0, 0.05) is 22.8 Å². The molecule has 0 unspecified atom stereocenters. The summed E-state index contributed by atoms with van der Waals surface area (Å²) in [4.78, 5) is 23.6. The lowest BCUT2D eigenvalue weighted by atomic mass is 10.1. The molecule has 0 spiro atoms. The van der Waals surface area contributed by atoms with Gasteiger partial charge in [-0.25, -0.2) is 4.98 Å². The van der Waals surface area contributed by atoms with E-state index in [2.05, 4.69) is 15.0 Å². The van der Waals surface area contributed by atoms with Crippen molar-refractivity contribution in [3.63, 3.8) is 0 Å². The monoisotopic (exact) mass is 251 g/mol. The third-order valence-corrected chi connectivity index (χ3v) is 3.24. The molecule has 4 heteroatoms. The van der Waals surface area contributed by atoms with Gasteiger partial charge in [0.1, 0.15) is 5.69 Å². The fraction of sp³-hybridized carbons (Fsp3) is 0.133. The average Bonchev–Trinajstić information content (AvgIpc) is 2.42. The average molecular weight is 251 g/mol. The van der Waals surface area contributed by atoms with Crippen molar-refractivity contribution < 1.29 is 0 Å². The number of rotatable bonds is 1. The first-order valence-corrected chi connectivity index (χ1v) is 6.08. The number of aromatic amines is 1. The molecule has 1 aromatic carbocycles. The first-order valence-electron chi connectivity index (χ1n) is 6.08. The number of nitrogens with zero attached hydrogens (tertiary/aromatic N) is 2. The summed E-state index contributed by atoms with van der Waals surface area (Å²) in [5.74, 6) is 0. The zero-order chi connectivity index (χ0) is 13.4. The standard InChI is InChI=1S/C15H13N3O/c1-9-10(2)18-15(19)14(17-9)12-5-3-7-13-11(12)6-4-8-16-13/h3-8H,1-2H3,(H,18,19). The highest BCUT2D eigenvalue weighted by molar-refractivity contribution is 5.93. The molecule has 0 aliphatic carbocycles. The van der Waals surface area contributed by atoms with Gasteiger partial charge in [0.25, 0.3) is 5.56 Å². The number of hydrogen-bond acceptors (Lipinski definition) is 3. The molecule has 0 radical (unpaired) electrons. The van der Waals surface area contributed by atoms with Crippen LogP contribution in [0, 0.1) is 13.8 Å². The van der Waals surface area contributed by atoms with Gasteiger partial charge in [-0.2, -0.15) is 0 Å². The Morgan fingerprint density at radius 3 is 2.79 bits per heavy atom. The van der Waals surface area contributed by atoms with Crippen LogP contribution in [-0.2, 0) is 0 Å². The normalized spacial score (nSPS) is 10.8. The molecule has 0 bridgehead atoms. The molecule has 0 aliphatic rings. The van der Waals surface area contributed by atoms with Crippen LogP contribution in [0.4, 0.5) is 0 Å². The van der Waals surface area contributed by atoms with Gasteiger partial charge in [0.2, 0.25) is 0 Å². The van der Waals surface area contributed by atoms with E-state index < -0.39 is 0 Å². The number of pyridine rings is 1. The Morgan fingerprint density at radius 1 is 1.11 bits per heavy atom. The van der Waals surface area contributed by atoms with Crippen molar-refractivity contribution >= 4 is 10.9 Å². The van der Waals surface area contributed by atoms with Crippen LogP contribution >= 0.6 is 0 Å². The number of benzene rings is 1. The number of aromatic nitrogens is 3. The SMILES string of the molecule is Cc1nc(-c2cccc3ncccc23)c(=O)[nH]c1C. The Balaban J connectivity index is 2.37. The summed E-state index contributed by atoms with van der Waals surface area (Å²) in [6, 6.07) is 9.53. The highest BCUT2D eigenvalue weighted by Gasteiger charge is 2.10. The van der Waals surface area contributed by atoms with E-state index >= 15 is 0 Å². The second kappa shape index (κ2) is 4.31. The molecule has 3 rings (SSSR count). The van der Waals surface area contributed by atoms with Gasteiger partial charge < -0.3 is 4.98 Å². The topological polar surface area (TPSA) is 58.6 Å². The van der Waals surface area contributed by atoms with E-state index in [1.807, 2.05) is 44.2 Å². The van der Waals surface area contributed by atoms with Gasteiger partial charge >= 0.3 is 0 Å². The van der Waals surface area contributed by atoms with E-state index in [4.69, 9.17) is 0 Å². The van der Waals surface area contributed by atoms with Crippen molar-refractivity contribution in [3.8, 4) is 11.3 Å². The van der Waals surface area contributed by atoms with Crippen LogP contribution in [0.15, 0.2) is 41.3 Å². The minimum atomic E-state index is -0.167. The zero-order valence-electron chi connectivity index (χ0n) is 10.8. The molecule has 2 heterocycles. The summed E-state index contributed by atoms with van der Waals surface area (Å²) < 4.78 is 0. The third-order valence-electron chi connectivity index (χ3n) is 3.24. The van der Waals surface area contributed by atoms with E-state index in [0.29, 0.717) is 5.69 Å². The van der Waals surface area contributed by atoms with Crippen LogP contribution in [0.2, 0.25) is 0 Å². The molecule has 0 aliphatic heterocycles. The molecule has 0 atom stereocenters. The first kappa shape index (κ1) is 11.6. The molecular formula is C15H13N3O. The summed E-state index contributed by atoms with van der Waals surface area (Å²) in [5.41, 5.74) is 3.58. The molecule has 3 aromatic rings. The summed E-state index contributed by atoms with van der Waals surface area (Å²) in [6.45, 7) is 3.73. The maximum Gasteiger partial charge on any atom is 0.274 e. The van der Waals surface area contributed by atoms with Crippen LogP contribution in [0.3, 0.4) is 0 Å².